The first kappa shape index (κ1) is 8.27. The van der Waals surface area contributed by atoms with Crippen molar-refractivity contribution in [1.29, 1.82) is 0 Å². The van der Waals surface area contributed by atoms with Crippen LogP contribution in [0.5, 0.6) is 5.75 Å². The maximum absolute atomic E-state index is 5.69. The first-order valence-electron chi connectivity index (χ1n) is 3.29. The quantitative estimate of drug-likeness (QED) is 0.497. The van der Waals surface area contributed by atoms with Gasteiger partial charge in [-0.1, -0.05) is 6.07 Å². The van der Waals surface area contributed by atoms with Gasteiger partial charge in [-0.15, -0.1) is 12.6 Å². The van der Waals surface area contributed by atoms with Crippen LogP contribution in [0.25, 0.3) is 0 Å². The Bertz CT molecular complexity index is 273. The molecule has 2 N–H and O–H groups in total. The summed E-state index contributed by atoms with van der Waals surface area (Å²) in [5, 5.41) is 0. The van der Waals surface area contributed by atoms with Gasteiger partial charge in [-0.05, 0) is 18.6 Å². The largest absolute Gasteiger partial charge is 0.495 e. The Balaban J connectivity index is 3.25. The maximum atomic E-state index is 5.69. The first-order valence-corrected chi connectivity index (χ1v) is 3.73. The van der Waals surface area contributed by atoms with Gasteiger partial charge in [-0.25, -0.2) is 0 Å². The van der Waals surface area contributed by atoms with Gasteiger partial charge in [-0.3, -0.25) is 0 Å². The molecule has 0 atom stereocenters. The summed E-state index contributed by atoms with van der Waals surface area (Å²) in [6.45, 7) is 1.96. The van der Waals surface area contributed by atoms with E-state index in [0.717, 1.165) is 10.5 Å². The highest BCUT2D eigenvalue weighted by Gasteiger charge is 2.03. The molecule has 0 aliphatic rings. The summed E-state index contributed by atoms with van der Waals surface area (Å²) in [7, 11) is 1.59. The summed E-state index contributed by atoms with van der Waals surface area (Å²) in [6, 6.07) is 3.77. The maximum Gasteiger partial charge on any atom is 0.142 e. The molecule has 0 radical (unpaired) electrons. The van der Waals surface area contributed by atoms with Crippen LogP contribution in [0.3, 0.4) is 0 Å². The molecule has 11 heavy (non-hydrogen) atoms. The highest BCUT2D eigenvalue weighted by atomic mass is 32.1. The lowest BCUT2D eigenvalue weighted by atomic mass is 10.2. The predicted molar refractivity (Wildman–Crippen MR) is 49.4 cm³/mol. The van der Waals surface area contributed by atoms with Crippen molar-refractivity contribution >= 4 is 18.3 Å². The Morgan fingerprint density at radius 2 is 2.09 bits per heavy atom. The number of hydrogen-bond acceptors (Lipinski definition) is 3. The molecule has 0 spiro atoms. The van der Waals surface area contributed by atoms with E-state index >= 15 is 0 Å². The molecule has 1 aromatic carbocycles. The number of thiol groups is 1. The minimum Gasteiger partial charge on any atom is -0.495 e. The van der Waals surface area contributed by atoms with E-state index in [0.29, 0.717) is 11.4 Å². The molecule has 3 heteroatoms. The van der Waals surface area contributed by atoms with E-state index in [1.54, 1.807) is 7.11 Å². The number of ether oxygens (including phenoxy) is 1. The monoisotopic (exact) mass is 169 g/mol. The van der Waals surface area contributed by atoms with Crippen LogP contribution in [0.1, 0.15) is 5.56 Å². The molecular formula is C8H11NOS. The Kier molecular flexibility index (Phi) is 2.29. The number of methoxy groups -OCH3 is 1. The van der Waals surface area contributed by atoms with Crippen LogP contribution in [0.4, 0.5) is 5.69 Å². The van der Waals surface area contributed by atoms with Gasteiger partial charge in [0.05, 0.1) is 12.8 Å². The van der Waals surface area contributed by atoms with Crippen LogP contribution in [-0.4, -0.2) is 7.11 Å². The van der Waals surface area contributed by atoms with Gasteiger partial charge in [0.1, 0.15) is 5.75 Å². The van der Waals surface area contributed by atoms with E-state index in [-0.39, 0.29) is 0 Å². The molecule has 1 rings (SSSR count). The third-order valence-corrected chi connectivity index (χ3v) is 2.19. The highest BCUT2D eigenvalue weighted by Crippen LogP contribution is 2.29. The fourth-order valence-corrected chi connectivity index (χ4v) is 1.06. The zero-order valence-electron chi connectivity index (χ0n) is 6.59. The third-order valence-electron chi connectivity index (χ3n) is 1.60. The lowest BCUT2D eigenvalue weighted by Crippen LogP contribution is -1.94. The molecule has 0 aliphatic heterocycles. The predicted octanol–water partition coefficient (Wildman–Crippen LogP) is 1.87. The minimum atomic E-state index is 0.607. The van der Waals surface area contributed by atoms with E-state index < -0.39 is 0 Å². The third kappa shape index (κ3) is 1.43. The topological polar surface area (TPSA) is 35.2 Å². The second kappa shape index (κ2) is 3.05. The zero-order valence-corrected chi connectivity index (χ0v) is 7.48. The van der Waals surface area contributed by atoms with Crippen molar-refractivity contribution in [3.8, 4) is 5.75 Å². The van der Waals surface area contributed by atoms with Crippen LogP contribution in [0, 0.1) is 6.92 Å². The first-order chi connectivity index (χ1) is 5.16. The van der Waals surface area contributed by atoms with Crippen LogP contribution in [0.15, 0.2) is 17.0 Å². The molecule has 1 aromatic rings. The van der Waals surface area contributed by atoms with E-state index in [1.165, 1.54) is 0 Å². The fourth-order valence-electron chi connectivity index (χ4n) is 0.877. The molecule has 0 saturated carbocycles. The van der Waals surface area contributed by atoms with Crippen LogP contribution in [0.2, 0.25) is 0 Å². The molecule has 0 aliphatic carbocycles. The molecule has 0 bridgehead atoms. The number of anilines is 1. The standard InChI is InChI=1S/C8H11NOS/c1-5-3-4-6(10-2)7(9)8(5)11/h3-4,11H,9H2,1-2H3. The van der Waals surface area contributed by atoms with Crippen LogP contribution >= 0.6 is 12.6 Å². The molecule has 0 amide bonds. The van der Waals surface area contributed by atoms with Crippen molar-refractivity contribution in [2.24, 2.45) is 0 Å². The molecule has 2 nitrogen and oxygen atoms in total. The highest BCUT2D eigenvalue weighted by molar-refractivity contribution is 7.80. The summed E-state index contributed by atoms with van der Waals surface area (Å²) in [4.78, 5) is 0.796. The van der Waals surface area contributed by atoms with Gasteiger partial charge in [-0.2, -0.15) is 0 Å². The molecule has 0 fully saturated rings. The Hall–Kier alpha value is -0.830. The lowest BCUT2D eigenvalue weighted by Gasteiger charge is -2.07. The van der Waals surface area contributed by atoms with Crippen molar-refractivity contribution in [2.45, 2.75) is 11.8 Å². The Morgan fingerprint density at radius 1 is 1.45 bits per heavy atom. The molecule has 0 unspecified atom stereocenters. The summed E-state index contributed by atoms with van der Waals surface area (Å²) in [5.41, 5.74) is 7.36. The van der Waals surface area contributed by atoms with Gasteiger partial charge < -0.3 is 10.5 Å². The van der Waals surface area contributed by atoms with Crippen molar-refractivity contribution in [3.05, 3.63) is 17.7 Å². The average Bonchev–Trinajstić information content (AvgIpc) is 2.01. The van der Waals surface area contributed by atoms with Crippen LogP contribution < -0.4 is 10.5 Å². The van der Waals surface area contributed by atoms with Gasteiger partial charge in [0.2, 0.25) is 0 Å². The second-order valence-corrected chi connectivity index (χ2v) is 2.79. The number of hydrogen-bond donors (Lipinski definition) is 2. The van der Waals surface area contributed by atoms with E-state index in [4.69, 9.17) is 10.5 Å². The Labute approximate surface area is 71.8 Å². The average molecular weight is 169 g/mol. The summed E-state index contributed by atoms with van der Waals surface area (Å²) >= 11 is 4.23. The van der Waals surface area contributed by atoms with Crippen molar-refractivity contribution < 1.29 is 4.74 Å². The van der Waals surface area contributed by atoms with Gasteiger partial charge in [0.25, 0.3) is 0 Å². The van der Waals surface area contributed by atoms with E-state index in [2.05, 4.69) is 12.6 Å². The second-order valence-electron chi connectivity index (χ2n) is 2.35. The van der Waals surface area contributed by atoms with Crippen molar-refractivity contribution in [3.63, 3.8) is 0 Å². The van der Waals surface area contributed by atoms with Crippen molar-refractivity contribution in [1.82, 2.24) is 0 Å². The number of nitrogen functional groups attached to an aromatic ring is 1. The van der Waals surface area contributed by atoms with Gasteiger partial charge >= 0.3 is 0 Å². The summed E-state index contributed by atoms with van der Waals surface area (Å²) in [5.74, 6) is 0.681. The molecule has 60 valence electrons. The molecule has 0 heterocycles. The smallest absolute Gasteiger partial charge is 0.142 e. The van der Waals surface area contributed by atoms with Gasteiger partial charge in [0, 0.05) is 4.90 Å². The number of nitrogens with two attached hydrogens (primary N) is 1. The normalized spacial score (nSPS) is 9.73. The van der Waals surface area contributed by atoms with E-state index in [1.807, 2.05) is 19.1 Å². The van der Waals surface area contributed by atoms with E-state index in [9.17, 15) is 0 Å². The minimum absolute atomic E-state index is 0.607. The SMILES string of the molecule is COc1ccc(C)c(S)c1N. The Morgan fingerprint density at radius 3 is 2.64 bits per heavy atom. The van der Waals surface area contributed by atoms with Crippen molar-refractivity contribution in [2.75, 3.05) is 12.8 Å². The summed E-state index contributed by atoms with van der Waals surface area (Å²) in [6.07, 6.45) is 0. The molecule has 0 aromatic heterocycles. The molecule has 0 saturated heterocycles. The number of rotatable bonds is 1. The van der Waals surface area contributed by atoms with Crippen LogP contribution in [-0.2, 0) is 0 Å². The summed E-state index contributed by atoms with van der Waals surface area (Å²) < 4.78 is 5.01. The lowest BCUT2D eigenvalue weighted by molar-refractivity contribution is 0.416. The van der Waals surface area contributed by atoms with Gasteiger partial charge in [0.15, 0.2) is 0 Å². The number of benzene rings is 1. The number of aryl methyl sites for hydroxylation is 1. The fraction of sp³-hybridized carbons (Fsp3) is 0.250. The molecular weight excluding hydrogens is 158 g/mol. The zero-order chi connectivity index (χ0) is 8.43.